The molecule has 4 nitrogen and oxygen atoms in total. The maximum Gasteiger partial charge on any atom is 0.122 e. The molecule has 0 bridgehead atoms. The molecule has 1 unspecified atom stereocenters. The van der Waals surface area contributed by atoms with E-state index in [0.29, 0.717) is 6.04 Å². The SMILES string of the molecule is CCc1ccc(C2CNCCN2Cc2nccn2C)cc1.Cl. The van der Waals surface area contributed by atoms with Gasteiger partial charge in [-0.3, -0.25) is 4.90 Å². The van der Waals surface area contributed by atoms with Gasteiger partial charge in [0.25, 0.3) is 0 Å². The van der Waals surface area contributed by atoms with Crippen molar-refractivity contribution in [1.29, 1.82) is 0 Å². The van der Waals surface area contributed by atoms with Crippen LogP contribution in [-0.2, 0) is 20.0 Å². The van der Waals surface area contributed by atoms with Crippen LogP contribution in [0.1, 0.15) is 29.9 Å². The van der Waals surface area contributed by atoms with E-state index in [-0.39, 0.29) is 12.4 Å². The molecule has 0 amide bonds. The number of hydrogen-bond acceptors (Lipinski definition) is 3. The first-order chi connectivity index (χ1) is 10.3. The lowest BCUT2D eigenvalue weighted by Gasteiger charge is -2.36. The number of benzene rings is 1. The maximum absolute atomic E-state index is 4.47. The third kappa shape index (κ3) is 3.69. The van der Waals surface area contributed by atoms with Gasteiger partial charge in [0.2, 0.25) is 0 Å². The molecular formula is C17H25ClN4. The van der Waals surface area contributed by atoms with Gasteiger partial charge >= 0.3 is 0 Å². The van der Waals surface area contributed by atoms with Gasteiger partial charge in [-0.2, -0.15) is 0 Å². The molecule has 3 rings (SSSR count). The summed E-state index contributed by atoms with van der Waals surface area (Å²) in [5.74, 6) is 1.13. The van der Waals surface area contributed by atoms with Gasteiger partial charge in [-0.1, -0.05) is 31.2 Å². The van der Waals surface area contributed by atoms with Crippen LogP contribution in [0, 0.1) is 0 Å². The summed E-state index contributed by atoms with van der Waals surface area (Å²) in [6.07, 6.45) is 4.99. The van der Waals surface area contributed by atoms with Crippen LogP contribution >= 0.6 is 12.4 Å². The van der Waals surface area contributed by atoms with Crippen molar-refractivity contribution in [3.63, 3.8) is 0 Å². The number of hydrogen-bond donors (Lipinski definition) is 1. The predicted octanol–water partition coefficient (Wildman–Crippen LogP) is 2.55. The van der Waals surface area contributed by atoms with Crippen LogP contribution in [0.5, 0.6) is 0 Å². The smallest absolute Gasteiger partial charge is 0.122 e. The Morgan fingerprint density at radius 1 is 1.27 bits per heavy atom. The zero-order valence-corrected chi connectivity index (χ0v) is 14.1. The van der Waals surface area contributed by atoms with E-state index >= 15 is 0 Å². The minimum absolute atomic E-state index is 0. The van der Waals surface area contributed by atoms with E-state index in [1.54, 1.807) is 0 Å². The number of aromatic nitrogens is 2. The molecule has 0 saturated carbocycles. The van der Waals surface area contributed by atoms with Gasteiger partial charge in [-0.05, 0) is 17.5 Å². The van der Waals surface area contributed by atoms with Crippen LogP contribution < -0.4 is 5.32 Å². The van der Waals surface area contributed by atoms with Crippen LogP contribution in [0.25, 0.3) is 0 Å². The number of piperazine rings is 1. The Kier molecular flexibility index (Phi) is 6.00. The van der Waals surface area contributed by atoms with Gasteiger partial charge in [0.1, 0.15) is 5.82 Å². The number of nitrogens with zero attached hydrogens (tertiary/aromatic N) is 3. The van der Waals surface area contributed by atoms with Gasteiger partial charge in [0.05, 0.1) is 6.54 Å². The Morgan fingerprint density at radius 2 is 2.05 bits per heavy atom. The predicted molar refractivity (Wildman–Crippen MR) is 92.3 cm³/mol. The van der Waals surface area contributed by atoms with Crippen molar-refractivity contribution >= 4 is 12.4 Å². The fraction of sp³-hybridized carbons (Fsp3) is 0.471. The summed E-state index contributed by atoms with van der Waals surface area (Å²) >= 11 is 0. The van der Waals surface area contributed by atoms with Crippen LogP contribution in [0.3, 0.4) is 0 Å². The normalized spacial score (nSPS) is 18.9. The third-order valence-corrected chi connectivity index (χ3v) is 4.39. The lowest BCUT2D eigenvalue weighted by Crippen LogP contribution is -2.45. The maximum atomic E-state index is 4.47. The fourth-order valence-electron chi connectivity index (χ4n) is 2.97. The lowest BCUT2D eigenvalue weighted by molar-refractivity contribution is 0.148. The first-order valence-corrected chi connectivity index (χ1v) is 7.77. The van der Waals surface area contributed by atoms with Crippen molar-refractivity contribution in [2.45, 2.75) is 25.9 Å². The van der Waals surface area contributed by atoms with Crippen molar-refractivity contribution in [2.75, 3.05) is 19.6 Å². The molecule has 0 aliphatic carbocycles. The first kappa shape index (κ1) is 17.0. The van der Waals surface area contributed by atoms with Crippen LogP contribution in [0.15, 0.2) is 36.7 Å². The summed E-state index contributed by atoms with van der Waals surface area (Å²) < 4.78 is 2.11. The highest BCUT2D eigenvalue weighted by Gasteiger charge is 2.24. The fourth-order valence-corrected chi connectivity index (χ4v) is 2.97. The van der Waals surface area contributed by atoms with Gasteiger partial charge in [-0.15, -0.1) is 12.4 Å². The Bertz CT molecular complexity index is 579. The second-order valence-electron chi connectivity index (χ2n) is 5.74. The third-order valence-electron chi connectivity index (χ3n) is 4.39. The molecule has 1 aromatic carbocycles. The number of nitrogens with one attached hydrogen (secondary N) is 1. The van der Waals surface area contributed by atoms with E-state index in [4.69, 9.17) is 0 Å². The second-order valence-corrected chi connectivity index (χ2v) is 5.74. The molecule has 1 aliphatic rings. The monoisotopic (exact) mass is 320 g/mol. The van der Waals surface area contributed by atoms with Gasteiger partial charge < -0.3 is 9.88 Å². The molecule has 1 atom stereocenters. The van der Waals surface area contributed by atoms with E-state index < -0.39 is 0 Å². The van der Waals surface area contributed by atoms with Crippen LogP contribution in [0.2, 0.25) is 0 Å². The van der Waals surface area contributed by atoms with E-state index in [9.17, 15) is 0 Å². The largest absolute Gasteiger partial charge is 0.337 e. The highest BCUT2D eigenvalue weighted by molar-refractivity contribution is 5.85. The minimum atomic E-state index is 0. The Balaban J connectivity index is 0.00000176. The number of rotatable bonds is 4. The van der Waals surface area contributed by atoms with Crippen molar-refractivity contribution in [3.8, 4) is 0 Å². The Hall–Kier alpha value is -1.36. The Morgan fingerprint density at radius 3 is 2.68 bits per heavy atom. The molecule has 1 N–H and O–H groups in total. The average Bonchev–Trinajstić information content (AvgIpc) is 2.93. The molecule has 0 radical (unpaired) electrons. The summed E-state index contributed by atoms with van der Waals surface area (Å²) in [4.78, 5) is 6.99. The number of aryl methyl sites for hydroxylation is 2. The van der Waals surface area contributed by atoms with Crippen molar-refractivity contribution in [1.82, 2.24) is 19.8 Å². The second kappa shape index (κ2) is 7.77. The molecule has 2 heterocycles. The molecular weight excluding hydrogens is 296 g/mol. The molecule has 1 aliphatic heterocycles. The van der Waals surface area contributed by atoms with Crippen molar-refractivity contribution < 1.29 is 0 Å². The number of imidazole rings is 1. The van der Waals surface area contributed by atoms with Crippen molar-refractivity contribution in [3.05, 3.63) is 53.6 Å². The summed E-state index contributed by atoms with van der Waals surface area (Å²) in [6, 6.07) is 9.50. The van der Waals surface area contributed by atoms with Gasteiger partial charge in [-0.25, -0.2) is 4.98 Å². The zero-order valence-electron chi connectivity index (χ0n) is 13.3. The molecule has 0 spiro atoms. The summed E-state index contributed by atoms with van der Waals surface area (Å²) in [7, 11) is 2.07. The van der Waals surface area contributed by atoms with E-state index in [0.717, 1.165) is 38.4 Å². The highest BCUT2D eigenvalue weighted by Crippen LogP contribution is 2.24. The highest BCUT2D eigenvalue weighted by atomic mass is 35.5. The van der Waals surface area contributed by atoms with Crippen LogP contribution in [0.4, 0.5) is 0 Å². The van der Waals surface area contributed by atoms with Crippen LogP contribution in [-0.4, -0.2) is 34.1 Å². The summed E-state index contributed by atoms with van der Waals surface area (Å²) in [5.41, 5.74) is 2.80. The summed E-state index contributed by atoms with van der Waals surface area (Å²) in [5, 5.41) is 3.52. The molecule has 1 fully saturated rings. The van der Waals surface area contributed by atoms with Crippen molar-refractivity contribution in [2.24, 2.45) is 7.05 Å². The summed E-state index contributed by atoms with van der Waals surface area (Å²) in [6.45, 7) is 6.23. The van der Waals surface area contributed by atoms with E-state index in [1.807, 2.05) is 12.4 Å². The van der Waals surface area contributed by atoms with E-state index in [2.05, 4.69) is 58.0 Å². The van der Waals surface area contributed by atoms with Gasteiger partial charge in [0.15, 0.2) is 0 Å². The minimum Gasteiger partial charge on any atom is -0.337 e. The molecule has 1 aromatic heterocycles. The van der Waals surface area contributed by atoms with Gasteiger partial charge in [0, 0.05) is 45.1 Å². The lowest BCUT2D eigenvalue weighted by atomic mass is 10.0. The number of halogens is 1. The molecule has 120 valence electrons. The quantitative estimate of drug-likeness (QED) is 0.940. The average molecular weight is 321 g/mol. The molecule has 1 saturated heterocycles. The first-order valence-electron chi connectivity index (χ1n) is 7.77. The topological polar surface area (TPSA) is 33.1 Å². The zero-order chi connectivity index (χ0) is 14.7. The Labute approximate surface area is 139 Å². The molecule has 2 aromatic rings. The molecule has 5 heteroatoms. The molecule has 22 heavy (non-hydrogen) atoms. The van der Waals surface area contributed by atoms with E-state index in [1.165, 1.54) is 11.1 Å². The standard InChI is InChI=1S/C17H24N4.ClH/c1-3-14-4-6-15(7-5-14)16-12-18-8-11-21(16)13-17-19-9-10-20(17)2;/h4-7,9-10,16,18H,3,8,11-13H2,1-2H3;1H.